The van der Waals surface area contributed by atoms with Crippen LogP contribution in [-0.2, 0) is 9.59 Å². The van der Waals surface area contributed by atoms with Crippen LogP contribution in [0, 0.1) is 19.8 Å². The predicted octanol–water partition coefficient (Wildman–Crippen LogP) is 2.30. The Labute approximate surface area is 125 Å². The number of carbonyl (C=O) groups excluding carboxylic acids is 1. The molecule has 5 heteroatoms. The lowest BCUT2D eigenvalue weighted by atomic mass is 10.1. The Bertz CT molecular complexity index is 499. The molecule has 0 spiro atoms. The van der Waals surface area contributed by atoms with Crippen molar-refractivity contribution < 1.29 is 19.4 Å². The van der Waals surface area contributed by atoms with Gasteiger partial charge in [-0.3, -0.25) is 9.59 Å². The number of amides is 1. The van der Waals surface area contributed by atoms with Crippen molar-refractivity contribution in [3.8, 4) is 5.75 Å². The highest BCUT2D eigenvalue weighted by Crippen LogP contribution is 2.20. The predicted molar refractivity (Wildman–Crippen MR) is 80.5 cm³/mol. The molecule has 0 aliphatic carbocycles. The number of benzene rings is 1. The largest absolute Gasteiger partial charge is 0.493 e. The average Bonchev–Trinajstić information content (AvgIpc) is 2.43. The van der Waals surface area contributed by atoms with Crippen LogP contribution in [0.5, 0.6) is 5.75 Å². The zero-order valence-electron chi connectivity index (χ0n) is 12.8. The molecule has 1 atom stereocenters. The van der Waals surface area contributed by atoms with Crippen LogP contribution >= 0.6 is 0 Å². The number of aryl methyl sites for hydroxylation is 1. The summed E-state index contributed by atoms with van der Waals surface area (Å²) >= 11 is 0. The van der Waals surface area contributed by atoms with Gasteiger partial charge in [0.1, 0.15) is 5.75 Å². The van der Waals surface area contributed by atoms with E-state index >= 15 is 0 Å². The molecule has 1 rings (SSSR count). The molecule has 1 unspecified atom stereocenters. The van der Waals surface area contributed by atoms with E-state index in [-0.39, 0.29) is 12.3 Å². The number of hydrogen-bond acceptors (Lipinski definition) is 3. The Morgan fingerprint density at radius 2 is 2.05 bits per heavy atom. The minimum absolute atomic E-state index is 0.127. The minimum Gasteiger partial charge on any atom is -0.493 e. The fourth-order valence-corrected chi connectivity index (χ4v) is 1.77. The molecule has 0 aromatic heterocycles. The summed E-state index contributed by atoms with van der Waals surface area (Å²) in [5, 5.41) is 11.4. The highest BCUT2D eigenvalue weighted by atomic mass is 16.5. The first-order valence-electron chi connectivity index (χ1n) is 7.10. The fourth-order valence-electron chi connectivity index (χ4n) is 1.77. The number of carboxylic acids is 1. The zero-order valence-corrected chi connectivity index (χ0v) is 12.8. The van der Waals surface area contributed by atoms with Crippen molar-refractivity contribution in [1.82, 2.24) is 5.32 Å². The van der Waals surface area contributed by atoms with Crippen molar-refractivity contribution in [2.24, 2.45) is 5.92 Å². The number of nitrogens with one attached hydrogen (secondary N) is 1. The number of carbonyl (C=O) groups is 2. The van der Waals surface area contributed by atoms with Gasteiger partial charge in [0.15, 0.2) is 0 Å². The first-order chi connectivity index (χ1) is 9.91. The third kappa shape index (κ3) is 5.85. The quantitative estimate of drug-likeness (QED) is 0.771. The molecule has 5 nitrogen and oxygen atoms in total. The summed E-state index contributed by atoms with van der Waals surface area (Å²) in [4.78, 5) is 22.2. The van der Waals surface area contributed by atoms with Crippen molar-refractivity contribution >= 4 is 11.9 Å². The van der Waals surface area contributed by atoms with Crippen molar-refractivity contribution in [2.75, 3.05) is 13.2 Å². The standard InChI is InChI=1S/C16H23NO4/c1-11-5-4-6-14(13(11)3)21-10-8-15(18)17-9-7-12(2)16(19)20/h4-6,12H,7-10H2,1-3H3,(H,17,18)(H,19,20). The molecule has 21 heavy (non-hydrogen) atoms. The summed E-state index contributed by atoms with van der Waals surface area (Å²) in [7, 11) is 0. The molecule has 0 fully saturated rings. The maximum atomic E-state index is 11.6. The Balaban J connectivity index is 2.25. The van der Waals surface area contributed by atoms with Crippen LogP contribution in [0.1, 0.15) is 30.9 Å². The second kappa shape index (κ2) is 8.29. The van der Waals surface area contributed by atoms with Gasteiger partial charge in [-0.05, 0) is 37.5 Å². The Morgan fingerprint density at radius 1 is 1.33 bits per heavy atom. The lowest BCUT2D eigenvalue weighted by Crippen LogP contribution is -2.28. The number of rotatable bonds is 8. The van der Waals surface area contributed by atoms with Gasteiger partial charge in [-0.1, -0.05) is 19.1 Å². The van der Waals surface area contributed by atoms with Crippen molar-refractivity contribution in [2.45, 2.75) is 33.6 Å². The summed E-state index contributed by atoms with van der Waals surface area (Å²) < 4.78 is 5.60. The molecular formula is C16H23NO4. The van der Waals surface area contributed by atoms with Gasteiger partial charge in [0.05, 0.1) is 18.9 Å². The molecule has 0 aliphatic rings. The van der Waals surface area contributed by atoms with E-state index in [9.17, 15) is 9.59 Å². The normalized spacial score (nSPS) is 11.8. The highest BCUT2D eigenvalue weighted by molar-refractivity contribution is 5.76. The summed E-state index contributed by atoms with van der Waals surface area (Å²) in [6.07, 6.45) is 0.688. The van der Waals surface area contributed by atoms with Crippen LogP contribution in [0.15, 0.2) is 18.2 Å². The third-order valence-electron chi connectivity index (χ3n) is 3.46. The highest BCUT2D eigenvalue weighted by Gasteiger charge is 2.11. The van der Waals surface area contributed by atoms with Gasteiger partial charge in [-0.15, -0.1) is 0 Å². The number of carboxylic acid groups (broad SMARTS) is 1. The molecule has 1 amide bonds. The molecule has 116 valence electrons. The summed E-state index contributed by atoms with van der Waals surface area (Å²) in [5.41, 5.74) is 2.23. The smallest absolute Gasteiger partial charge is 0.306 e. The maximum absolute atomic E-state index is 11.6. The second-order valence-electron chi connectivity index (χ2n) is 5.17. The molecule has 1 aromatic carbocycles. The van der Waals surface area contributed by atoms with Crippen LogP contribution in [0.4, 0.5) is 0 Å². The van der Waals surface area contributed by atoms with Crippen LogP contribution in [-0.4, -0.2) is 30.1 Å². The van der Waals surface area contributed by atoms with Crippen LogP contribution in [0.25, 0.3) is 0 Å². The lowest BCUT2D eigenvalue weighted by molar-refractivity contribution is -0.141. The molecule has 0 saturated heterocycles. The first kappa shape index (κ1) is 17.0. The van der Waals surface area contributed by atoms with Crippen LogP contribution in [0.3, 0.4) is 0 Å². The van der Waals surface area contributed by atoms with E-state index in [4.69, 9.17) is 9.84 Å². The topological polar surface area (TPSA) is 75.6 Å². The molecular weight excluding hydrogens is 270 g/mol. The summed E-state index contributed by atoms with van der Waals surface area (Å²) in [6, 6.07) is 5.82. The number of ether oxygens (including phenoxy) is 1. The van der Waals surface area contributed by atoms with E-state index < -0.39 is 11.9 Å². The van der Waals surface area contributed by atoms with E-state index in [0.717, 1.165) is 16.9 Å². The van der Waals surface area contributed by atoms with E-state index in [1.165, 1.54) is 0 Å². The van der Waals surface area contributed by atoms with Crippen LogP contribution in [0.2, 0.25) is 0 Å². The SMILES string of the molecule is Cc1cccc(OCCC(=O)NCCC(C)C(=O)O)c1C. The van der Waals surface area contributed by atoms with Crippen LogP contribution < -0.4 is 10.1 Å². The molecule has 0 radical (unpaired) electrons. The monoisotopic (exact) mass is 293 g/mol. The second-order valence-corrected chi connectivity index (χ2v) is 5.17. The van der Waals surface area contributed by atoms with Gasteiger partial charge in [0, 0.05) is 6.54 Å². The minimum atomic E-state index is -0.845. The van der Waals surface area contributed by atoms with E-state index in [1.807, 2.05) is 32.0 Å². The van der Waals surface area contributed by atoms with Crippen molar-refractivity contribution in [3.63, 3.8) is 0 Å². The van der Waals surface area contributed by atoms with Crippen molar-refractivity contribution in [1.29, 1.82) is 0 Å². The molecule has 0 saturated carbocycles. The van der Waals surface area contributed by atoms with E-state index in [0.29, 0.717) is 19.6 Å². The maximum Gasteiger partial charge on any atom is 0.306 e. The summed E-state index contributed by atoms with van der Waals surface area (Å²) in [5.74, 6) is -0.626. The van der Waals surface area contributed by atoms with E-state index in [1.54, 1.807) is 6.92 Å². The van der Waals surface area contributed by atoms with Gasteiger partial charge >= 0.3 is 5.97 Å². The Kier molecular flexibility index (Phi) is 6.72. The van der Waals surface area contributed by atoms with Gasteiger partial charge in [-0.25, -0.2) is 0 Å². The molecule has 1 aromatic rings. The molecule has 0 heterocycles. The Hall–Kier alpha value is -2.04. The third-order valence-corrected chi connectivity index (χ3v) is 3.46. The van der Waals surface area contributed by atoms with Gasteiger partial charge in [0.2, 0.25) is 5.91 Å². The molecule has 0 bridgehead atoms. The number of aliphatic carboxylic acids is 1. The Morgan fingerprint density at radius 3 is 2.71 bits per heavy atom. The zero-order chi connectivity index (χ0) is 15.8. The van der Waals surface area contributed by atoms with Gasteiger partial charge in [-0.2, -0.15) is 0 Å². The number of hydrogen-bond donors (Lipinski definition) is 2. The average molecular weight is 293 g/mol. The van der Waals surface area contributed by atoms with Gasteiger partial charge in [0.25, 0.3) is 0 Å². The van der Waals surface area contributed by atoms with Gasteiger partial charge < -0.3 is 15.2 Å². The van der Waals surface area contributed by atoms with E-state index in [2.05, 4.69) is 5.32 Å². The molecule has 2 N–H and O–H groups in total. The summed E-state index contributed by atoms with van der Waals surface area (Å²) in [6.45, 7) is 6.30. The molecule has 0 aliphatic heterocycles. The first-order valence-corrected chi connectivity index (χ1v) is 7.10. The van der Waals surface area contributed by atoms with Crippen molar-refractivity contribution in [3.05, 3.63) is 29.3 Å². The fraction of sp³-hybridized carbons (Fsp3) is 0.500. The lowest BCUT2D eigenvalue weighted by Gasteiger charge is -2.11.